The fourth-order valence-electron chi connectivity index (χ4n) is 2.62. The Morgan fingerprint density at radius 3 is 3.10 bits per heavy atom. The number of ether oxygens (including phenoxy) is 1. The highest BCUT2D eigenvalue weighted by Crippen LogP contribution is 2.36. The lowest BCUT2D eigenvalue weighted by molar-refractivity contribution is 0.307. The second kappa shape index (κ2) is 5.26. The molecule has 0 saturated heterocycles. The van der Waals surface area contributed by atoms with Gasteiger partial charge in [-0.2, -0.15) is 11.3 Å². The third-order valence-electron chi connectivity index (χ3n) is 3.69. The molecule has 3 aromatic rings. The molecule has 0 amide bonds. The van der Waals surface area contributed by atoms with E-state index in [-0.39, 0.29) is 0 Å². The number of hydrogen-bond acceptors (Lipinski definition) is 4. The number of aromatic amines is 1. The van der Waals surface area contributed by atoms with E-state index in [1.165, 1.54) is 11.1 Å². The summed E-state index contributed by atoms with van der Waals surface area (Å²) in [7, 11) is 0. The molecule has 1 aromatic carbocycles. The van der Waals surface area contributed by atoms with Gasteiger partial charge in [-0.15, -0.1) is 0 Å². The third-order valence-corrected chi connectivity index (χ3v) is 4.37. The number of anilines is 1. The summed E-state index contributed by atoms with van der Waals surface area (Å²) in [5, 5.41) is 4.28. The molecule has 4 rings (SSSR count). The lowest BCUT2D eigenvalue weighted by atomic mass is 10.1. The fraction of sp³-hybridized carbons (Fsp3) is 0.188. The molecule has 0 bridgehead atoms. The lowest BCUT2D eigenvalue weighted by Crippen LogP contribution is -2.32. The van der Waals surface area contributed by atoms with Gasteiger partial charge in [0.25, 0.3) is 0 Å². The van der Waals surface area contributed by atoms with E-state index in [4.69, 9.17) is 4.74 Å². The van der Waals surface area contributed by atoms with E-state index in [0.717, 1.165) is 36.8 Å². The van der Waals surface area contributed by atoms with Crippen molar-refractivity contribution in [3.8, 4) is 16.9 Å². The Hall–Kier alpha value is -2.27. The monoisotopic (exact) mass is 297 g/mol. The average Bonchev–Trinajstić information content (AvgIpc) is 3.21. The van der Waals surface area contributed by atoms with Crippen LogP contribution in [0.25, 0.3) is 11.1 Å². The predicted octanol–water partition coefficient (Wildman–Crippen LogP) is 3.54. The number of rotatable bonds is 3. The molecule has 1 N–H and O–H groups in total. The highest BCUT2D eigenvalue weighted by atomic mass is 32.1. The summed E-state index contributed by atoms with van der Waals surface area (Å²) in [6, 6.07) is 8.56. The summed E-state index contributed by atoms with van der Waals surface area (Å²) in [6.45, 7) is 2.43. The third kappa shape index (κ3) is 2.40. The highest BCUT2D eigenvalue weighted by Gasteiger charge is 2.19. The van der Waals surface area contributed by atoms with E-state index < -0.39 is 0 Å². The van der Waals surface area contributed by atoms with E-state index in [1.54, 1.807) is 17.7 Å². The minimum absolute atomic E-state index is 0.721. The second-order valence-electron chi connectivity index (χ2n) is 5.04. The van der Waals surface area contributed by atoms with Crippen molar-refractivity contribution in [2.45, 2.75) is 6.54 Å². The number of fused-ring (bicyclic) bond motifs is 1. The quantitative estimate of drug-likeness (QED) is 0.804. The number of aromatic nitrogens is 2. The standard InChI is InChI=1S/C16H15N3OS/c1-2-16-15(7-12(1)13-3-6-21-10-13)19(4-5-20-16)9-14-8-17-11-18-14/h1-3,6-8,10-11H,4-5,9H2,(H,17,18). The van der Waals surface area contributed by atoms with E-state index in [9.17, 15) is 0 Å². The molecule has 0 atom stereocenters. The minimum Gasteiger partial charge on any atom is -0.490 e. The SMILES string of the molecule is c1ncc(CN2CCOc3ccc(-c4ccsc4)cc32)[nH]1. The highest BCUT2D eigenvalue weighted by molar-refractivity contribution is 7.08. The Balaban J connectivity index is 1.70. The Labute approximate surface area is 127 Å². The van der Waals surface area contributed by atoms with Crippen LogP contribution in [0, 0.1) is 0 Å². The van der Waals surface area contributed by atoms with Crippen molar-refractivity contribution < 1.29 is 4.74 Å². The second-order valence-corrected chi connectivity index (χ2v) is 5.82. The number of thiophene rings is 1. The predicted molar refractivity (Wildman–Crippen MR) is 84.9 cm³/mol. The molecular weight excluding hydrogens is 282 g/mol. The van der Waals surface area contributed by atoms with Gasteiger partial charge in [0.15, 0.2) is 0 Å². The van der Waals surface area contributed by atoms with Crippen LogP contribution >= 0.6 is 11.3 Å². The first-order valence-corrected chi connectivity index (χ1v) is 7.86. The van der Waals surface area contributed by atoms with Crippen molar-refractivity contribution in [2.24, 2.45) is 0 Å². The van der Waals surface area contributed by atoms with E-state index in [1.807, 2.05) is 6.20 Å². The summed E-state index contributed by atoms with van der Waals surface area (Å²) in [4.78, 5) is 9.59. The maximum Gasteiger partial charge on any atom is 0.142 e. The van der Waals surface area contributed by atoms with Gasteiger partial charge in [-0.3, -0.25) is 0 Å². The van der Waals surface area contributed by atoms with E-state index in [0.29, 0.717) is 0 Å². The van der Waals surface area contributed by atoms with Crippen molar-refractivity contribution >= 4 is 17.0 Å². The van der Waals surface area contributed by atoms with Crippen LogP contribution in [0.5, 0.6) is 5.75 Å². The topological polar surface area (TPSA) is 41.2 Å². The molecule has 0 aliphatic carbocycles. The van der Waals surface area contributed by atoms with Crippen LogP contribution < -0.4 is 9.64 Å². The summed E-state index contributed by atoms with van der Waals surface area (Å²) in [5.74, 6) is 0.958. The fourth-order valence-corrected chi connectivity index (χ4v) is 3.29. The molecule has 0 unspecified atom stereocenters. The van der Waals surface area contributed by atoms with Gasteiger partial charge in [0.05, 0.1) is 30.8 Å². The van der Waals surface area contributed by atoms with Gasteiger partial charge in [-0.05, 0) is 40.1 Å². The van der Waals surface area contributed by atoms with Gasteiger partial charge >= 0.3 is 0 Å². The number of benzene rings is 1. The number of nitrogens with zero attached hydrogens (tertiary/aromatic N) is 2. The van der Waals surface area contributed by atoms with Crippen LogP contribution in [0.1, 0.15) is 5.69 Å². The Kier molecular flexibility index (Phi) is 3.12. The summed E-state index contributed by atoms with van der Waals surface area (Å²) in [5.41, 5.74) is 4.76. The Morgan fingerprint density at radius 1 is 1.29 bits per heavy atom. The first-order valence-electron chi connectivity index (χ1n) is 6.92. The van der Waals surface area contributed by atoms with Gasteiger partial charge in [0.1, 0.15) is 12.4 Å². The first-order chi connectivity index (χ1) is 10.4. The van der Waals surface area contributed by atoms with Crippen LogP contribution in [-0.4, -0.2) is 23.1 Å². The molecule has 0 radical (unpaired) electrons. The minimum atomic E-state index is 0.721. The van der Waals surface area contributed by atoms with Crippen molar-refractivity contribution in [3.63, 3.8) is 0 Å². The molecular formula is C16H15N3OS. The van der Waals surface area contributed by atoms with Crippen LogP contribution in [0.2, 0.25) is 0 Å². The molecule has 106 valence electrons. The maximum absolute atomic E-state index is 5.78. The van der Waals surface area contributed by atoms with Crippen LogP contribution in [0.4, 0.5) is 5.69 Å². The zero-order valence-corrected chi connectivity index (χ0v) is 12.3. The van der Waals surface area contributed by atoms with Crippen molar-refractivity contribution in [2.75, 3.05) is 18.1 Å². The molecule has 0 saturated carbocycles. The van der Waals surface area contributed by atoms with Crippen molar-refractivity contribution in [1.82, 2.24) is 9.97 Å². The Bertz CT molecular complexity index is 722. The molecule has 2 aromatic heterocycles. The molecule has 1 aliphatic heterocycles. The summed E-state index contributed by atoms with van der Waals surface area (Å²) >= 11 is 1.72. The van der Waals surface area contributed by atoms with Gasteiger partial charge in [-0.1, -0.05) is 6.07 Å². The number of H-pyrrole nitrogens is 1. The number of hydrogen-bond donors (Lipinski definition) is 1. The molecule has 21 heavy (non-hydrogen) atoms. The number of nitrogens with one attached hydrogen (secondary N) is 1. The normalized spacial score (nSPS) is 13.8. The molecule has 4 nitrogen and oxygen atoms in total. The number of imidazole rings is 1. The van der Waals surface area contributed by atoms with Crippen LogP contribution in [0.15, 0.2) is 47.5 Å². The van der Waals surface area contributed by atoms with Gasteiger partial charge in [-0.25, -0.2) is 4.98 Å². The smallest absolute Gasteiger partial charge is 0.142 e. The van der Waals surface area contributed by atoms with E-state index in [2.05, 4.69) is 49.9 Å². The maximum atomic E-state index is 5.78. The van der Waals surface area contributed by atoms with Gasteiger partial charge < -0.3 is 14.6 Å². The molecule has 3 heterocycles. The molecule has 0 fully saturated rings. The molecule has 1 aliphatic rings. The van der Waals surface area contributed by atoms with Crippen molar-refractivity contribution in [3.05, 3.63) is 53.2 Å². The summed E-state index contributed by atoms with van der Waals surface area (Å²) < 4.78 is 5.78. The zero-order valence-electron chi connectivity index (χ0n) is 11.5. The largest absolute Gasteiger partial charge is 0.490 e. The van der Waals surface area contributed by atoms with Crippen LogP contribution in [-0.2, 0) is 6.54 Å². The van der Waals surface area contributed by atoms with Crippen LogP contribution in [0.3, 0.4) is 0 Å². The molecule has 0 spiro atoms. The van der Waals surface area contributed by atoms with Gasteiger partial charge in [0, 0.05) is 6.20 Å². The summed E-state index contributed by atoms with van der Waals surface area (Å²) in [6.07, 6.45) is 3.59. The molecule has 5 heteroatoms. The average molecular weight is 297 g/mol. The zero-order chi connectivity index (χ0) is 14.1. The Morgan fingerprint density at radius 2 is 2.29 bits per heavy atom. The van der Waals surface area contributed by atoms with E-state index >= 15 is 0 Å². The first kappa shape index (κ1) is 12.5. The lowest BCUT2D eigenvalue weighted by Gasteiger charge is -2.31. The van der Waals surface area contributed by atoms with Gasteiger partial charge in [0.2, 0.25) is 0 Å². The van der Waals surface area contributed by atoms with Crippen molar-refractivity contribution in [1.29, 1.82) is 0 Å².